The molecule has 4 aromatic rings. The van der Waals surface area contributed by atoms with E-state index in [4.69, 9.17) is 4.74 Å². The molecule has 0 N–H and O–H groups in total. The van der Waals surface area contributed by atoms with Gasteiger partial charge in [-0.25, -0.2) is 4.39 Å². The van der Waals surface area contributed by atoms with Gasteiger partial charge in [-0.1, -0.05) is 49.7 Å². The van der Waals surface area contributed by atoms with Crippen molar-refractivity contribution in [2.45, 2.75) is 32.6 Å². The molecule has 2 heterocycles. The van der Waals surface area contributed by atoms with Crippen LogP contribution in [0.4, 0.5) is 4.39 Å². The van der Waals surface area contributed by atoms with Gasteiger partial charge in [-0.15, -0.1) is 5.10 Å². The molecule has 0 atom stereocenters. The summed E-state index contributed by atoms with van der Waals surface area (Å²) in [6.07, 6.45) is 6.40. The van der Waals surface area contributed by atoms with Crippen molar-refractivity contribution in [2.75, 3.05) is 6.61 Å². The maximum Gasteiger partial charge on any atom is 0.291 e. The molecule has 0 saturated heterocycles. The first-order valence-corrected chi connectivity index (χ1v) is 10.9. The van der Waals surface area contributed by atoms with E-state index in [1.165, 1.54) is 47.2 Å². The minimum Gasteiger partial charge on any atom is -0.494 e. The van der Waals surface area contributed by atoms with Crippen molar-refractivity contribution in [1.82, 2.24) is 14.6 Å². The van der Waals surface area contributed by atoms with Crippen molar-refractivity contribution < 1.29 is 9.13 Å². The number of hydrogen-bond donors (Lipinski definition) is 0. The van der Waals surface area contributed by atoms with Gasteiger partial charge in [0.05, 0.1) is 11.1 Å². The number of benzene rings is 2. The monoisotopic (exact) mass is 423 g/mol. The van der Waals surface area contributed by atoms with Crippen LogP contribution in [0.25, 0.3) is 22.4 Å². The second kappa shape index (κ2) is 9.17. The maximum atomic E-state index is 13.1. The van der Waals surface area contributed by atoms with E-state index in [2.05, 4.69) is 17.0 Å². The Morgan fingerprint density at radius 3 is 2.53 bits per heavy atom. The summed E-state index contributed by atoms with van der Waals surface area (Å²) < 4.78 is 20.6. The quantitative estimate of drug-likeness (QED) is 0.393. The van der Waals surface area contributed by atoms with Crippen molar-refractivity contribution in [3.05, 3.63) is 74.8 Å². The topological polar surface area (TPSA) is 56.5 Å². The van der Waals surface area contributed by atoms with E-state index >= 15 is 0 Å². The molecule has 0 unspecified atom stereocenters. The molecule has 0 spiro atoms. The zero-order valence-corrected chi connectivity index (χ0v) is 17.5. The largest absolute Gasteiger partial charge is 0.494 e. The fourth-order valence-electron chi connectivity index (χ4n) is 3.09. The van der Waals surface area contributed by atoms with E-state index in [1.807, 2.05) is 24.3 Å². The summed E-state index contributed by atoms with van der Waals surface area (Å²) in [7, 11) is 0. The molecule has 0 aliphatic heterocycles. The van der Waals surface area contributed by atoms with E-state index in [-0.39, 0.29) is 11.4 Å². The van der Waals surface area contributed by atoms with Gasteiger partial charge < -0.3 is 4.74 Å². The summed E-state index contributed by atoms with van der Waals surface area (Å²) in [5.74, 6) is 1.01. The number of thiazole rings is 1. The first-order chi connectivity index (χ1) is 14.6. The summed E-state index contributed by atoms with van der Waals surface area (Å²) in [5, 5.41) is 4.37. The van der Waals surface area contributed by atoms with Crippen molar-refractivity contribution in [3.63, 3.8) is 0 Å². The molecule has 30 heavy (non-hydrogen) atoms. The SMILES string of the molecule is CCCCCCOc1ccc(-c2nc3s/c(=C\c4ccc(F)cc4)c(=O)n3n2)cc1. The third-order valence-electron chi connectivity index (χ3n) is 4.73. The van der Waals surface area contributed by atoms with Gasteiger partial charge in [-0.3, -0.25) is 4.79 Å². The number of aromatic nitrogens is 3. The van der Waals surface area contributed by atoms with Gasteiger partial charge in [0.2, 0.25) is 4.96 Å². The Morgan fingerprint density at radius 1 is 1.07 bits per heavy atom. The molecule has 0 fully saturated rings. The van der Waals surface area contributed by atoms with Crippen LogP contribution in [0.15, 0.2) is 53.3 Å². The summed E-state index contributed by atoms with van der Waals surface area (Å²) in [4.78, 5) is 17.7. The van der Waals surface area contributed by atoms with Crippen LogP contribution in [-0.2, 0) is 0 Å². The molecule has 0 saturated carbocycles. The first-order valence-electron chi connectivity index (χ1n) is 10.0. The molecule has 7 heteroatoms. The van der Waals surface area contributed by atoms with Gasteiger partial charge in [-0.2, -0.15) is 9.50 Å². The van der Waals surface area contributed by atoms with E-state index in [0.717, 1.165) is 23.3 Å². The highest BCUT2D eigenvalue weighted by molar-refractivity contribution is 7.15. The third kappa shape index (κ3) is 4.57. The number of unbranched alkanes of at least 4 members (excludes halogenated alkanes) is 3. The van der Waals surface area contributed by atoms with Crippen molar-refractivity contribution in [3.8, 4) is 17.1 Å². The van der Waals surface area contributed by atoms with Crippen LogP contribution >= 0.6 is 11.3 Å². The number of fused-ring (bicyclic) bond motifs is 1. The van der Waals surface area contributed by atoms with Crippen LogP contribution in [0.1, 0.15) is 38.2 Å². The molecule has 2 aromatic carbocycles. The maximum absolute atomic E-state index is 13.1. The Bertz CT molecular complexity index is 1230. The van der Waals surface area contributed by atoms with Crippen LogP contribution in [0.3, 0.4) is 0 Å². The van der Waals surface area contributed by atoms with Gasteiger partial charge in [0.1, 0.15) is 11.6 Å². The van der Waals surface area contributed by atoms with Crippen LogP contribution in [-0.4, -0.2) is 21.2 Å². The fraction of sp³-hybridized carbons (Fsp3) is 0.261. The zero-order chi connectivity index (χ0) is 20.9. The molecule has 5 nitrogen and oxygen atoms in total. The standard InChI is InChI=1S/C23H22FN3O2S/c1-2-3-4-5-14-29-19-12-8-17(9-13-19)21-25-23-27(26-21)22(28)20(30-23)15-16-6-10-18(24)11-7-16/h6-13,15H,2-5,14H2,1H3/b20-15-. The van der Waals surface area contributed by atoms with Crippen LogP contribution in [0.5, 0.6) is 5.75 Å². The van der Waals surface area contributed by atoms with E-state index in [1.54, 1.807) is 18.2 Å². The lowest BCUT2D eigenvalue weighted by Gasteiger charge is -2.06. The Morgan fingerprint density at radius 2 is 1.83 bits per heavy atom. The number of ether oxygens (including phenoxy) is 1. The van der Waals surface area contributed by atoms with Crippen molar-refractivity contribution in [1.29, 1.82) is 0 Å². The Labute approximate surface area is 177 Å². The molecule has 0 aliphatic rings. The lowest BCUT2D eigenvalue weighted by molar-refractivity contribution is 0.305. The third-order valence-corrected chi connectivity index (χ3v) is 5.69. The average molecular weight is 424 g/mol. The average Bonchev–Trinajstić information content (AvgIpc) is 3.30. The molecule has 4 rings (SSSR count). The van der Waals surface area contributed by atoms with Gasteiger partial charge in [0.15, 0.2) is 5.82 Å². The van der Waals surface area contributed by atoms with E-state index < -0.39 is 0 Å². The Hall–Kier alpha value is -3.06. The van der Waals surface area contributed by atoms with E-state index in [0.29, 0.717) is 21.9 Å². The smallest absolute Gasteiger partial charge is 0.291 e. The normalized spacial score (nSPS) is 12.0. The van der Waals surface area contributed by atoms with Crippen LogP contribution < -0.4 is 14.8 Å². The number of halogens is 1. The van der Waals surface area contributed by atoms with E-state index in [9.17, 15) is 9.18 Å². The second-order valence-corrected chi connectivity index (χ2v) is 8.04. The summed E-state index contributed by atoms with van der Waals surface area (Å²) in [5.41, 5.74) is 1.35. The molecule has 2 aromatic heterocycles. The fourth-order valence-corrected chi connectivity index (χ4v) is 3.99. The van der Waals surface area contributed by atoms with Crippen LogP contribution in [0.2, 0.25) is 0 Å². The highest BCUT2D eigenvalue weighted by Gasteiger charge is 2.12. The number of hydrogen-bond acceptors (Lipinski definition) is 5. The van der Waals surface area contributed by atoms with Gasteiger partial charge in [0, 0.05) is 5.56 Å². The van der Waals surface area contributed by atoms with Gasteiger partial charge in [-0.05, 0) is 54.5 Å². The predicted octanol–water partition coefficient (Wildman–Crippen LogP) is 4.46. The molecule has 154 valence electrons. The second-order valence-electron chi connectivity index (χ2n) is 7.03. The van der Waals surface area contributed by atoms with Crippen molar-refractivity contribution >= 4 is 22.4 Å². The first kappa shape index (κ1) is 20.2. The summed E-state index contributed by atoms with van der Waals surface area (Å²) >= 11 is 1.26. The molecule has 0 bridgehead atoms. The molecule has 0 radical (unpaired) electrons. The Balaban J connectivity index is 1.50. The summed E-state index contributed by atoms with van der Waals surface area (Å²) in [6.45, 7) is 2.90. The van der Waals surface area contributed by atoms with Crippen molar-refractivity contribution in [2.24, 2.45) is 0 Å². The highest BCUT2D eigenvalue weighted by Crippen LogP contribution is 2.20. The minimum absolute atomic E-state index is 0.231. The van der Waals surface area contributed by atoms with Gasteiger partial charge >= 0.3 is 0 Å². The number of nitrogens with zero attached hydrogens (tertiary/aromatic N) is 3. The lowest BCUT2D eigenvalue weighted by atomic mass is 10.2. The Kier molecular flexibility index (Phi) is 6.18. The molecule has 0 aliphatic carbocycles. The number of rotatable bonds is 8. The van der Waals surface area contributed by atoms with Crippen LogP contribution in [0, 0.1) is 5.82 Å². The predicted molar refractivity (Wildman–Crippen MR) is 117 cm³/mol. The summed E-state index contributed by atoms with van der Waals surface area (Å²) in [6, 6.07) is 13.6. The molecular weight excluding hydrogens is 401 g/mol. The van der Waals surface area contributed by atoms with Gasteiger partial charge in [0.25, 0.3) is 5.56 Å². The minimum atomic E-state index is -0.310. The zero-order valence-electron chi connectivity index (χ0n) is 16.7. The molecule has 0 amide bonds. The lowest BCUT2D eigenvalue weighted by Crippen LogP contribution is -2.23. The molecular formula is C23H22FN3O2S. The highest BCUT2D eigenvalue weighted by atomic mass is 32.1.